The number of hydrogen-bond donors (Lipinski definition) is 1. The Hall–Kier alpha value is -0.0300. The standard InChI is InChI=1S/C16H25BrN2S/c1-16(2)12-19(9-10-20-16)8-7-15(18-3)13-5-4-6-14(17)11-13/h4-6,11,15,18H,7-10,12H2,1-3H3. The predicted octanol–water partition coefficient (Wildman–Crippen LogP) is 3.93. The third-order valence-electron chi connectivity index (χ3n) is 3.84. The number of rotatable bonds is 5. The summed E-state index contributed by atoms with van der Waals surface area (Å²) in [4.78, 5) is 2.61. The van der Waals surface area contributed by atoms with Crippen LogP contribution in [0.4, 0.5) is 0 Å². The predicted molar refractivity (Wildman–Crippen MR) is 93.5 cm³/mol. The molecule has 2 rings (SSSR count). The molecule has 1 aromatic carbocycles. The van der Waals surface area contributed by atoms with E-state index in [1.807, 2.05) is 0 Å². The molecule has 0 amide bonds. The van der Waals surface area contributed by atoms with Crippen molar-refractivity contribution in [1.82, 2.24) is 10.2 Å². The van der Waals surface area contributed by atoms with E-state index in [-0.39, 0.29) is 0 Å². The lowest BCUT2D eigenvalue weighted by Gasteiger charge is -2.38. The highest BCUT2D eigenvalue weighted by molar-refractivity contribution is 9.10. The number of benzene rings is 1. The van der Waals surface area contributed by atoms with E-state index in [9.17, 15) is 0 Å². The van der Waals surface area contributed by atoms with Crippen LogP contribution in [-0.4, -0.2) is 42.1 Å². The highest BCUT2D eigenvalue weighted by Gasteiger charge is 2.27. The van der Waals surface area contributed by atoms with Crippen LogP contribution in [0.1, 0.15) is 31.9 Å². The first-order valence-electron chi connectivity index (χ1n) is 7.29. The Morgan fingerprint density at radius 1 is 1.45 bits per heavy atom. The fourth-order valence-electron chi connectivity index (χ4n) is 2.82. The van der Waals surface area contributed by atoms with Gasteiger partial charge < -0.3 is 10.2 Å². The Kier molecular flexibility index (Phi) is 5.96. The van der Waals surface area contributed by atoms with Gasteiger partial charge in [-0.3, -0.25) is 0 Å². The van der Waals surface area contributed by atoms with Gasteiger partial charge in [-0.05, 0) is 45.0 Å². The highest BCUT2D eigenvalue weighted by Crippen LogP contribution is 2.30. The normalized spacial score (nSPS) is 20.8. The van der Waals surface area contributed by atoms with Gasteiger partial charge in [0.2, 0.25) is 0 Å². The molecule has 20 heavy (non-hydrogen) atoms. The van der Waals surface area contributed by atoms with Crippen molar-refractivity contribution < 1.29 is 0 Å². The Morgan fingerprint density at radius 2 is 2.25 bits per heavy atom. The molecule has 0 saturated carbocycles. The van der Waals surface area contributed by atoms with Crippen LogP contribution in [0.2, 0.25) is 0 Å². The highest BCUT2D eigenvalue weighted by atomic mass is 79.9. The third kappa shape index (κ3) is 4.76. The molecule has 0 bridgehead atoms. The zero-order chi connectivity index (χ0) is 14.6. The van der Waals surface area contributed by atoms with Crippen LogP contribution >= 0.6 is 27.7 Å². The Bertz CT molecular complexity index is 436. The van der Waals surface area contributed by atoms with Crippen molar-refractivity contribution in [2.24, 2.45) is 0 Å². The van der Waals surface area contributed by atoms with Crippen LogP contribution in [0.15, 0.2) is 28.7 Å². The summed E-state index contributed by atoms with van der Waals surface area (Å²) in [5, 5.41) is 3.45. The molecule has 0 aromatic heterocycles. The number of nitrogens with zero attached hydrogens (tertiary/aromatic N) is 1. The zero-order valence-corrected chi connectivity index (χ0v) is 15.1. The summed E-state index contributed by atoms with van der Waals surface area (Å²) in [5.41, 5.74) is 1.37. The van der Waals surface area contributed by atoms with E-state index >= 15 is 0 Å². The second-order valence-corrected chi connectivity index (χ2v) is 8.79. The van der Waals surface area contributed by atoms with Crippen LogP contribution in [0.25, 0.3) is 0 Å². The van der Waals surface area contributed by atoms with E-state index in [1.54, 1.807) is 0 Å². The molecule has 0 radical (unpaired) electrons. The largest absolute Gasteiger partial charge is 0.313 e. The van der Waals surface area contributed by atoms with Gasteiger partial charge in [-0.25, -0.2) is 0 Å². The SMILES string of the molecule is CNC(CCN1CCSC(C)(C)C1)c1cccc(Br)c1. The molecule has 112 valence electrons. The van der Waals surface area contributed by atoms with Crippen molar-refractivity contribution in [1.29, 1.82) is 0 Å². The Balaban J connectivity index is 1.91. The first-order chi connectivity index (χ1) is 9.50. The summed E-state index contributed by atoms with van der Waals surface area (Å²) in [6, 6.07) is 9.06. The van der Waals surface area contributed by atoms with Gasteiger partial charge in [0.25, 0.3) is 0 Å². The molecule has 4 heteroatoms. The zero-order valence-electron chi connectivity index (χ0n) is 12.7. The molecule has 1 aromatic rings. The maximum absolute atomic E-state index is 3.56. The van der Waals surface area contributed by atoms with Crippen molar-refractivity contribution >= 4 is 27.7 Å². The first-order valence-corrected chi connectivity index (χ1v) is 9.07. The maximum Gasteiger partial charge on any atom is 0.0330 e. The van der Waals surface area contributed by atoms with E-state index < -0.39 is 0 Å². The van der Waals surface area contributed by atoms with Crippen molar-refractivity contribution in [2.45, 2.75) is 31.1 Å². The van der Waals surface area contributed by atoms with Crippen molar-refractivity contribution in [3.63, 3.8) is 0 Å². The fourth-order valence-corrected chi connectivity index (χ4v) is 4.41. The molecular formula is C16H25BrN2S. The lowest BCUT2D eigenvalue weighted by atomic mass is 10.0. The molecule has 1 aliphatic rings. The van der Waals surface area contributed by atoms with Gasteiger partial charge in [0.1, 0.15) is 0 Å². The lowest BCUT2D eigenvalue weighted by molar-refractivity contribution is 0.247. The average Bonchev–Trinajstić information content (AvgIpc) is 2.38. The second-order valence-electron chi connectivity index (χ2n) is 6.07. The van der Waals surface area contributed by atoms with Gasteiger partial charge in [0.05, 0.1) is 0 Å². The molecule has 0 aliphatic carbocycles. The topological polar surface area (TPSA) is 15.3 Å². The third-order valence-corrected chi connectivity index (χ3v) is 5.63. The van der Waals surface area contributed by atoms with Crippen LogP contribution in [-0.2, 0) is 0 Å². The second kappa shape index (κ2) is 7.30. The number of halogens is 1. The van der Waals surface area contributed by atoms with Gasteiger partial charge >= 0.3 is 0 Å². The summed E-state index contributed by atoms with van der Waals surface area (Å²) in [6.07, 6.45) is 1.16. The summed E-state index contributed by atoms with van der Waals surface area (Å²) in [5.74, 6) is 1.26. The van der Waals surface area contributed by atoms with E-state index in [2.05, 4.69) is 83.1 Å². The molecular weight excluding hydrogens is 332 g/mol. The molecule has 1 unspecified atom stereocenters. The number of hydrogen-bond acceptors (Lipinski definition) is 3. The minimum absolute atomic E-state index is 0.406. The minimum atomic E-state index is 0.406. The molecule has 1 saturated heterocycles. The smallest absolute Gasteiger partial charge is 0.0330 e. The van der Waals surface area contributed by atoms with Gasteiger partial charge in [-0.1, -0.05) is 28.1 Å². The molecule has 0 spiro atoms. The van der Waals surface area contributed by atoms with E-state index in [0.29, 0.717) is 10.8 Å². The summed E-state index contributed by atoms with van der Waals surface area (Å²) in [6.45, 7) is 8.30. The van der Waals surface area contributed by atoms with Crippen molar-refractivity contribution in [3.05, 3.63) is 34.3 Å². The maximum atomic E-state index is 3.56. The Morgan fingerprint density at radius 3 is 2.90 bits per heavy atom. The summed E-state index contributed by atoms with van der Waals surface area (Å²) < 4.78 is 1.56. The van der Waals surface area contributed by atoms with E-state index in [1.165, 1.54) is 31.0 Å². The van der Waals surface area contributed by atoms with Crippen LogP contribution in [0, 0.1) is 0 Å². The molecule has 1 fully saturated rings. The minimum Gasteiger partial charge on any atom is -0.313 e. The van der Waals surface area contributed by atoms with Gasteiger partial charge in [0.15, 0.2) is 0 Å². The van der Waals surface area contributed by atoms with Crippen LogP contribution < -0.4 is 5.32 Å². The van der Waals surface area contributed by atoms with Crippen LogP contribution in [0.5, 0.6) is 0 Å². The van der Waals surface area contributed by atoms with Crippen molar-refractivity contribution in [2.75, 3.05) is 32.4 Å². The molecule has 1 aliphatic heterocycles. The molecule has 1 atom stereocenters. The monoisotopic (exact) mass is 356 g/mol. The number of nitrogens with one attached hydrogen (secondary N) is 1. The lowest BCUT2D eigenvalue weighted by Crippen LogP contribution is -2.44. The molecule has 2 nitrogen and oxygen atoms in total. The average molecular weight is 357 g/mol. The first kappa shape index (κ1) is 16.3. The molecule has 1 N–H and O–H groups in total. The quantitative estimate of drug-likeness (QED) is 0.860. The fraction of sp³-hybridized carbons (Fsp3) is 0.625. The van der Waals surface area contributed by atoms with Gasteiger partial charge in [0, 0.05) is 40.6 Å². The van der Waals surface area contributed by atoms with E-state index in [0.717, 1.165) is 10.9 Å². The summed E-state index contributed by atoms with van der Waals surface area (Å²) >= 11 is 5.66. The van der Waals surface area contributed by atoms with Gasteiger partial charge in [-0.15, -0.1) is 0 Å². The van der Waals surface area contributed by atoms with Crippen LogP contribution in [0.3, 0.4) is 0 Å². The molecule has 1 heterocycles. The Labute approximate surface area is 135 Å². The summed E-state index contributed by atoms with van der Waals surface area (Å²) in [7, 11) is 2.06. The van der Waals surface area contributed by atoms with Crippen molar-refractivity contribution in [3.8, 4) is 0 Å². The van der Waals surface area contributed by atoms with Gasteiger partial charge in [-0.2, -0.15) is 11.8 Å². The number of thioether (sulfide) groups is 1. The van der Waals surface area contributed by atoms with E-state index in [4.69, 9.17) is 0 Å².